The Kier molecular flexibility index (Phi) is 5.70. The number of halogens is 3. The fraction of sp³-hybridized carbons (Fsp3) is 0.462. The quantitative estimate of drug-likeness (QED) is 0.350. The van der Waals surface area contributed by atoms with Crippen molar-refractivity contribution in [3.05, 3.63) is 59.1 Å². The molecule has 37 heavy (non-hydrogen) atoms. The van der Waals surface area contributed by atoms with E-state index in [0.29, 0.717) is 53.0 Å². The summed E-state index contributed by atoms with van der Waals surface area (Å²) < 4.78 is 47.7. The Labute approximate surface area is 211 Å². The van der Waals surface area contributed by atoms with Crippen LogP contribution in [0.25, 0.3) is 22.6 Å². The fourth-order valence-corrected chi connectivity index (χ4v) is 4.82. The van der Waals surface area contributed by atoms with Crippen LogP contribution in [-0.2, 0) is 10.9 Å². The number of aromatic nitrogens is 7. The summed E-state index contributed by atoms with van der Waals surface area (Å²) in [5.41, 5.74) is 3.13. The van der Waals surface area contributed by atoms with Gasteiger partial charge in [0, 0.05) is 23.9 Å². The van der Waals surface area contributed by atoms with Crippen molar-refractivity contribution in [1.82, 2.24) is 34.7 Å². The van der Waals surface area contributed by atoms with E-state index in [9.17, 15) is 13.2 Å². The molecule has 2 fully saturated rings. The molecule has 11 heteroatoms. The lowest BCUT2D eigenvalue weighted by Gasteiger charge is -2.33. The summed E-state index contributed by atoms with van der Waals surface area (Å²) in [5, 5.41) is 4.51. The summed E-state index contributed by atoms with van der Waals surface area (Å²) in [5.74, 6) is 0.524. The van der Waals surface area contributed by atoms with Gasteiger partial charge < -0.3 is 4.74 Å². The van der Waals surface area contributed by atoms with Crippen molar-refractivity contribution in [2.24, 2.45) is 0 Å². The first-order valence-corrected chi connectivity index (χ1v) is 12.4. The van der Waals surface area contributed by atoms with Crippen molar-refractivity contribution < 1.29 is 17.9 Å². The molecule has 1 saturated carbocycles. The first kappa shape index (κ1) is 23.9. The molecular weight excluding hydrogens is 483 g/mol. The molecule has 0 unspecified atom stereocenters. The number of fused-ring (bicyclic) bond motifs is 1. The number of pyridine rings is 1. The van der Waals surface area contributed by atoms with Gasteiger partial charge in [-0.15, -0.1) is 0 Å². The molecule has 4 aromatic rings. The van der Waals surface area contributed by atoms with Gasteiger partial charge in [0.25, 0.3) is 0 Å². The van der Waals surface area contributed by atoms with E-state index < -0.39 is 11.7 Å². The van der Waals surface area contributed by atoms with Crippen LogP contribution in [-0.4, -0.2) is 40.8 Å². The molecule has 0 bridgehead atoms. The highest BCUT2D eigenvalue weighted by molar-refractivity contribution is 5.85. The molecule has 1 aliphatic carbocycles. The number of aryl methyl sites for hydroxylation is 2. The van der Waals surface area contributed by atoms with E-state index in [4.69, 9.17) is 14.7 Å². The third-order valence-corrected chi connectivity index (χ3v) is 7.08. The molecule has 2 aliphatic rings. The minimum atomic E-state index is -4.47. The van der Waals surface area contributed by atoms with Crippen molar-refractivity contribution >= 4 is 11.2 Å². The summed E-state index contributed by atoms with van der Waals surface area (Å²) in [4.78, 5) is 23.0. The third-order valence-electron chi connectivity index (χ3n) is 7.08. The van der Waals surface area contributed by atoms with Crippen LogP contribution in [0.15, 0.2) is 30.7 Å². The molecule has 0 aromatic carbocycles. The van der Waals surface area contributed by atoms with Crippen LogP contribution < -0.4 is 0 Å². The average molecular weight is 510 g/mol. The van der Waals surface area contributed by atoms with E-state index in [1.54, 1.807) is 0 Å². The van der Waals surface area contributed by atoms with Gasteiger partial charge in [-0.1, -0.05) is 0 Å². The van der Waals surface area contributed by atoms with E-state index in [-0.39, 0.29) is 18.1 Å². The summed E-state index contributed by atoms with van der Waals surface area (Å²) in [6.07, 6.45) is 3.75. The summed E-state index contributed by atoms with van der Waals surface area (Å²) in [6.45, 7) is 5.70. The van der Waals surface area contributed by atoms with Gasteiger partial charge in [0.15, 0.2) is 5.65 Å². The highest BCUT2D eigenvalue weighted by atomic mass is 19.4. The van der Waals surface area contributed by atoms with E-state index in [2.05, 4.69) is 26.2 Å². The van der Waals surface area contributed by atoms with Crippen LogP contribution in [0.2, 0.25) is 0 Å². The molecular formula is C26H26F3N7O. The lowest BCUT2D eigenvalue weighted by atomic mass is 9.89. The molecule has 5 heterocycles. The minimum absolute atomic E-state index is 0.0363. The SMILES string of the molecule is Cc1nc2nc([C@@H]3C[C@H](C)O[C@@H](c4cnn(C5CC5)c4)C3)nc(-c3ccc(C(F)(F)F)cn3)c2nc1C. The molecule has 1 saturated heterocycles. The largest absolute Gasteiger partial charge is 0.417 e. The van der Waals surface area contributed by atoms with E-state index in [0.717, 1.165) is 36.4 Å². The fourth-order valence-electron chi connectivity index (χ4n) is 4.82. The lowest BCUT2D eigenvalue weighted by Crippen LogP contribution is -2.26. The zero-order valence-corrected chi connectivity index (χ0v) is 20.7. The van der Waals surface area contributed by atoms with Gasteiger partial charge in [-0.05, 0) is 58.6 Å². The predicted molar refractivity (Wildman–Crippen MR) is 129 cm³/mol. The number of alkyl halides is 3. The maximum Gasteiger partial charge on any atom is 0.417 e. The molecule has 4 aromatic heterocycles. The van der Waals surface area contributed by atoms with Crippen LogP contribution >= 0.6 is 0 Å². The molecule has 8 nitrogen and oxygen atoms in total. The molecule has 6 rings (SSSR count). The van der Waals surface area contributed by atoms with Gasteiger partial charge in [-0.25, -0.2) is 19.9 Å². The molecule has 0 spiro atoms. The molecule has 192 valence electrons. The maximum absolute atomic E-state index is 13.1. The average Bonchev–Trinajstić information content (AvgIpc) is 3.59. The Balaban J connectivity index is 1.40. The summed E-state index contributed by atoms with van der Waals surface area (Å²) in [7, 11) is 0. The van der Waals surface area contributed by atoms with E-state index in [1.165, 1.54) is 6.07 Å². The zero-order chi connectivity index (χ0) is 25.9. The van der Waals surface area contributed by atoms with Crippen molar-refractivity contribution in [2.45, 2.75) is 76.8 Å². The number of rotatable bonds is 4. The number of nitrogens with zero attached hydrogens (tertiary/aromatic N) is 7. The summed E-state index contributed by atoms with van der Waals surface area (Å²) in [6, 6.07) is 2.82. The van der Waals surface area contributed by atoms with Gasteiger partial charge in [0.2, 0.25) is 0 Å². The van der Waals surface area contributed by atoms with Gasteiger partial charge in [0.05, 0.1) is 47.1 Å². The van der Waals surface area contributed by atoms with Crippen LogP contribution in [0, 0.1) is 13.8 Å². The van der Waals surface area contributed by atoms with Crippen molar-refractivity contribution in [1.29, 1.82) is 0 Å². The smallest absolute Gasteiger partial charge is 0.370 e. The Morgan fingerprint density at radius 3 is 2.46 bits per heavy atom. The van der Waals surface area contributed by atoms with E-state index in [1.807, 2.05) is 31.6 Å². The normalized spacial score (nSPS) is 22.5. The third kappa shape index (κ3) is 4.68. The molecule has 1 aliphatic heterocycles. The first-order chi connectivity index (χ1) is 17.7. The van der Waals surface area contributed by atoms with Gasteiger partial charge in [0.1, 0.15) is 17.0 Å². The van der Waals surface area contributed by atoms with Crippen LogP contribution in [0.5, 0.6) is 0 Å². The minimum Gasteiger partial charge on any atom is -0.370 e. The second kappa shape index (κ2) is 8.83. The standard InChI is InChI=1S/C26H26F3N7O/c1-13-8-16(9-21(37-13)17-10-31-36(12-17)19-5-6-19)24-34-22(20-7-4-18(11-30-20)26(27,28)29)23-25(35-24)33-15(3)14(2)32-23/h4,7,10-13,16,19,21H,5-6,8-9H2,1-3H3/t13-,16+,21+/m0/s1. The van der Waals surface area contributed by atoms with E-state index >= 15 is 0 Å². The van der Waals surface area contributed by atoms with Crippen molar-refractivity contribution in [2.75, 3.05) is 0 Å². The molecule has 0 N–H and O–H groups in total. The highest BCUT2D eigenvalue weighted by Gasteiger charge is 2.34. The second-order valence-corrected chi connectivity index (χ2v) is 10.0. The first-order valence-electron chi connectivity index (χ1n) is 12.4. The van der Waals surface area contributed by atoms with Gasteiger partial charge in [-0.3, -0.25) is 9.67 Å². The monoisotopic (exact) mass is 509 g/mol. The lowest BCUT2D eigenvalue weighted by molar-refractivity contribution is -0.137. The Bertz CT molecular complexity index is 1460. The van der Waals surface area contributed by atoms with Crippen molar-refractivity contribution in [3.63, 3.8) is 0 Å². The Hall–Kier alpha value is -3.47. The zero-order valence-electron chi connectivity index (χ0n) is 20.7. The predicted octanol–water partition coefficient (Wildman–Crippen LogP) is 5.67. The summed E-state index contributed by atoms with van der Waals surface area (Å²) >= 11 is 0. The second-order valence-electron chi connectivity index (χ2n) is 10.0. The Morgan fingerprint density at radius 2 is 1.76 bits per heavy atom. The maximum atomic E-state index is 13.1. The number of hydrogen-bond donors (Lipinski definition) is 0. The van der Waals surface area contributed by atoms with Gasteiger partial charge in [-0.2, -0.15) is 18.3 Å². The topological polar surface area (TPSA) is 91.5 Å². The van der Waals surface area contributed by atoms with Crippen LogP contribution in [0.3, 0.4) is 0 Å². The Morgan fingerprint density at radius 1 is 0.973 bits per heavy atom. The number of hydrogen-bond acceptors (Lipinski definition) is 7. The van der Waals surface area contributed by atoms with Gasteiger partial charge >= 0.3 is 6.18 Å². The number of ether oxygens (including phenoxy) is 1. The van der Waals surface area contributed by atoms with Crippen LogP contribution in [0.4, 0.5) is 13.2 Å². The van der Waals surface area contributed by atoms with Crippen molar-refractivity contribution in [3.8, 4) is 11.4 Å². The molecule has 0 amide bonds. The molecule has 0 radical (unpaired) electrons. The molecule has 3 atom stereocenters. The highest BCUT2D eigenvalue weighted by Crippen LogP contribution is 2.41. The van der Waals surface area contributed by atoms with Crippen LogP contribution in [0.1, 0.15) is 79.0 Å².